The molecule has 2 fully saturated rings. The van der Waals surface area contributed by atoms with Gasteiger partial charge in [-0.3, -0.25) is 0 Å². The normalized spacial score (nSPS) is 51.7. The van der Waals surface area contributed by atoms with Gasteiger partial charge in [0.05, 0.1) is 5.60 Å². The summed E-state index contributed by atoms with van der Waals surface area (Å²) in [6.07, 6.45) is 4.50. The summed E-state index contributed by atoms with van der Waals surface area (Å²) in [5.41, 5.74) is -0.127. The van der Waals surface area contributed by atoms with Crippen molar-refractivity contribution >= 4 is 0 Å². The van der Waals surface area contributed by atoms with E-state index in [4.69, 9.17) is 9.47 Å². The van der Waals surface area contributed by atoms with E-state index in [1.54, 1.807) is 0 Å². The maximum absolute atomic E-state index is 5.56. The first kappa shape index (κ1) is 6.38. The highest BCUT2D eigenvalue weighted by atomic mass is 16.8. The quantitative estimate of drug-likeness (QED) is 0.406. The third kappa shape index (κ3) is 0.879. The van der Waals surface area contributed by atoms with E-state index in [0.717, 1.165) is 12.8 Å². The molecular weight excluding hydrogens is 128 g/mol. The van der Waals surface area contributed by atoms with Gasteiger partial charge in [0.15, 0.2) is 6.29 Å². The molecule has 0 saturated carbocycles. The highest BCUT2D eigenvalue weighted by Crippen LogP contribution is 2.40. The molecule has 0 spiro atoms. The highest BCUT2D eigenvalue weighted by Gasteiger charge is 2.48. The van der Waals surface area contributed by atoms with Crippen LogP contribution >= 0.6 is 0 Å². The summed E-state index contributed by atoms with van der Waals surface area (Å²) in [7, 11) is 0. The van der Waals surface area contributed by atoms with E-state index in [-0.39, 0.29) is 11.9 Å². The molecule has 3 unspecified atom stereocenters. The smallest absolute Gasteiger partial charge is 0.185 e. The topological polar surface area (TPSA) is 21.8 Å². The fraction of sp³-hybridized carbons (Fsp3) is 0.750. The van der Waals surface area contributed by atoms with Crippen LogP contribution in [0.15, 0.2) is 12.7 Å². The number of rotatable bonds is 1. The van der Waals surface area contributed by atoms with Gasteiger partial charge in [-0.05, 0) is 19.8 Å². The molecule has 0 bridgehead atoms. The highest BCUT2D eigenvalue weighted by molar-refractivity contribution is 5.00. The Morgan fingerprint density at radius 2 is 2.50 bits per heavy atom. The van der Waals surface area contributed by atoms with Crippen LogP contribution in [-0.4, -0.2) is 18.0 Å². The van der Waals surface area contributed by atoms with Crippen LogP contribution in [-0.2, 0) is 9.47 Å². The molecule has 0 N–H and O–H groups in total. The fourth-order valence-electron chi connectivity index (χ4n) is 1.34. The van der Waals surface area contributed by atoms with Gasteiger partial charge in [-0.25, -0.2) is 0 Å². The van der Waals surface area contributed by atoms with E-state index >= 15 is 0 Å². The van der Waals surface area contributed by atoms with Crippen molar-refractivity contribution in [3.8, 4) is 0 Å². The summed E-state index contributed by atoms with van der Waals surface area (Å²) in [5, 5.41) is 0. The Labute approximate surface area is 60.8 Å². The van der Waals surface area contributed by atoms with E-state index in [1.165, 1.54) is 0 Å². The Balaban J connectivity index is 2.05. The van der Waals surface area contributed by atoms with Crippen molar-refractivity contribution in [1.82, 2.24) is 0 Å². The number of hydrogen-bond acceptors (Lipinski definition) is 2. The van der Waals surface area contributed by atoms with Gasteiger partial charge in [0.1, 0.15) is 6.10 Å². The lowest BCUT2D eigenvalue weighted by atomic mass is 9.96. The predicted molar refractivity (Wildman–Crippen MR) is 37.6 cm³/mol. The molecule has 0 amide bonds. The Hall–Kier alpha value is -0.340. The lowest BCUT2D eigenvalue weighted by molar-refractivity contribution is -0.0608. The summed E-state index contributed by atoms with van der Waals surface area (Å²) in [4.78, 5) is 0. The molecule has 10 heavy (non-hydrogen) atoms. The summed E-state index contributed by atoms with van der Waals surface area (Å²) in [5.74, 6) is 0. The maximum Gasteiger partial charge on any atom is 0.185 e. The molecular formula is C8H12O2. The number of hydrogen-bond donors (Lipinski definition) is 0. The second-order valence-electron chi connectivity index (χ2n) is 3.22. The molecule has 0 aromatic heterocycles. The van der Waals surface area contributed by atoms with Crippen molar-refractivity contribution in [3.63, 3.8) is 0 Å². The molecule has 0 aromatic rings. The van der Waals surface area contributed by atoms with Crippen LogP contribution in [0.3, 0.4) is 0 Å². The zero-order chi connectivity index (χ0) is 7.19. The molecule has 2 saturated heterocycles. The summed E-state index contributed by atoms with van der Waals surface area (Å²) in [6.45, 7) is 5.78. The SMILES string of the molecule is C=CC1(C)CCC2OC2O1. The standard InChI is InChI=1S/C8H12O2/c1-3-8(2)5-4-6-7(9-6)10-8/h3,6-7H,1,4-5H2,2H3. The summed E-state index contributed by atoms with van der Waals surface area (Å²) < 4.78 is 10.8. The van der Waals surface area contributed by atoms with Gasteiger partial charge in [0.25, 0.3) is 0 Å². The first-order chi connectivity index (χ1) is 4.73. The maximum atomic E-state index is 5.56. The zero-order valence-corrected chi connectivity index (χ0v) is 6.17. The molecule has 2 heterocycles. The van der Waals surface area contributed by atoms with Crippen LogP contribution in [0.25, 0.3) is 0 Å². The van der Waals surface area contributed by atoms with Crippen molar-refractivity contribution in [2.75, 3.05) is 0 Å². The average Bonchev–Trinajstić information content (AvgIpc) is 2.66. The molecule has 2 aliphatic rings. The molecule has 0 aliphatic carbocycles. The zero-order valence-electron chi connectivity index (χ0n) is 6.17. The third-order valence-corrected chi connectivity index (χ3v) is 2.28. The minimum Gasteiger partial charge on any atom is -0.341 e. The molecule has 2 heteroatoms. The van der Waals surface area contributed by atoms with Gasteiger partial charge >= 0.3 is 0 Å². The van der Waals surface area contributed by atoms with Crippen LogP contribution in [0.2, 0.25) is 0 Å². The summed E-state index contributed by atoms with van der Waals surface area (Å²) >= 11 is 0. The van der Waals surface area contributed by atoms with Crippen LogP contribution < -0.4 is 0 Å². The van der Waals surface area contributed by atoms with Gasteiger partial charge < -0.3 is 9.47 Å². The molecule has 3 atom stereocenters. The van der Waals surface area contributed by atoms with E-state index in [0.29, 0.717) is 6.10 Å². The van der Waals surface area contributed by atoms with Gasteiger partial charge in [-0.1, -0.05) is 6.08 Å². The Kier molecular flexibility index (Phi) is 1.17. The molecule has 2 aliphatic heterocycles. The van der Waals surface area contributed by atoms with Crippen LogP contribution in [0.4, 0.5) is 0 Å². The molecule has 56 valence electrons. The largest absolute Gasteiger partial charge is 0.341 e. The van der Waals surface area contributed by atoms with E-state index < -0.39 is 0 Å². The Morgan fingerprint density at radius 3 is 3.10 bits per heavy atom. The van der Waals surface area contributed by atoms with E-state index in [2.05, 4.69) is 13.5 Å². The van der Waals surface area contributed by atoms with Crippen LogP contribution in [0.5, 0.6) is 0 Å². The second kappa shape index (κ2) is 1.83. The van der Waals surface area contributed by atoms with Gasteiger partial charge in [0.2, 0.25) is 0 Å². The van der Waals surface area contributed by atoms with Crippen molar-refractivity contribution in [1.29, 1.82) is 0 Å². The monoisotopic (exact) mass is 140 g/mol. The predicted octanol–water partition coefficient (Wildman–Crippen LogP) is 1.47. The van der Waals surface area contributed by atoms with Crippen molar-refractivity contribution in [3.05, 3.63) is 12.7 Å². The number of epoxide rings is 1. The van der Waals surface area contributed by atoms with Gasteiger partial charge in [0, 0.05) is 0 Å². The third-order valence-electron chi connectivity index (χ3n) is 2.28. The van der Waals surface area contributed by atoms with E-state index in [9.17, 15) is 0 Å². The molecule has 2 nitrogen and oxygen atoms in total. The fourth-order valence-corrected chi connectivity index (χ4v) is 1.34. The first-order valence-corrected chi connectivity index (χ1v) is 3.70. The Morgan fingerprint density at radius 1 is 1.70 bits per heavy atom. The summed E-state index contributed by atoms with van der Waals surface area (Å²) in [6, 6.07) is 0. The molecule has 2 rings (SSSR count). The second-order valence-corrected chi connectivity index (χ2v) is 3.22. The van der Waals surface area contributed by atoms with Crippen LogP contribution in [0, 0.1) is 0 Å². The van der Waals surface area contributed by atoms with Gasteiger partial charge in [-0.2, -0.15) is 0 Å². The van der Waals surface area contributed by atoms with Crippen molar-refractivity contribution < 1.29 is 9.47 Å². The Bertz CT molecular complexity index is 167. The lowest BCUT2D eigenvalue weighted by Gasteiger charge is -2.27. The minimum atomic E-state index is -0.127. The number of fused-ring (bicyclic) bond motifs is 1. The lowest BCUT2D eigenvalue weighted by Crippen LogP contribution is -2.32. The van der Waals surface area contributed by atoms with Crippen LogP contribution in [0.1, 0.15) is 19.8 Å². The minimum absolute atomic E-state index is 0.0803. The van der Waals surface area contributed by atoms with Crippen molar-refractivity contribution in [2.45, 2.75) is 37.8 Å². The number of ether oxygens (including phenoxy) is 2. The molecule has 0 radical (unpaired) electrons. The molecule has 0 aromatic carbocycles. The van der Waals surface area contributed by atoms with Crippen molar-refractivity contribution in [2.24, 2.45) is 0 Å². The van der Waals surface area contributed by atoms with Gasteiger partial charge in [-0.15, -0.1) is 6.58 Å². The average molecular weight is 140 g/mol. The first-order valence-electron chi connectivity index (χ1n) is 3.70. The van der Waals surface area contributed by atoms with E-state index in [1.807, 2.05) is 6.08 Å².